The quantitative estimate of drug-likeness (QED) is 0.638. The number of methoxy groups -OCH3 is 1. The van der Waals surface area contributed by atoms with Crippen LogP contribution in [0, 0.1) is 5.82 Å². The molecule has 0 bridgehead atoms. The minimum absolute atomic E-state index is 0.152. The second-order valence-corrected chi connectivity index (χ2v) is 4.88. The Morgan fingerprint density at radius 3 is 2.67 bits per heavy atom. The molecule has 0 aliphatic rings. The van der Waals surface area contributed by atoms with Crippen molar-refractivity contribution in [1.82, 2.24) is 0 Å². The van der Waals surface area contributed by atoms with Gasteiger partial charge in [-0.25, -0.2) is 4.39 Å². The fraction of sp³-hybridized carbons (Fsp3) is 0.625. The number of halogens is 1. The Hall–Kier alpha value is -1.01. The minimum atomic E-state index is -0.287. The largest absolute Gasteiger partial charge is 0.382 e. The molecule has 0 heterocycles. The number of hydrogen-bond acceptors (Lipinski definition) is 4. The van der Waals surface area contributed by atoms with E-state index in [4.69, 9.17) is 19.9 Å². The Kier molecular flexibility index (Phi) is 9.17. The van der Waals surface area contributed by atoms with Crippen LogP contribution in [0.1, 0.15) is 31.4 Å². The van der Waals surface area contributed by atoms with Gasteiger partial charge in [0, 0.05) is 26.4 Å². The Bertz CT molecular complexity index is 390. The molecule has 0 aliphatic heterocycles. The molecule has 0 fully saturated rings. The summed E-state index contributed by atoms with van der Waals surface area (Å²) in [6.07, 6.45) is 1.25. The summed E-state index contributed by atoms with van der Waals surface area (Å²) >= 11 is 0. The number of rotatable bonds is 11. The molecule has 0 spiro atoms. The van der Waals surface area contributed by atoms with Crippen LogP contribution in [-0.2, 0) is 14.2 Å². The highest BCUT2D eigenvalue weighted by Gasteiger charge is 2.19. The third kappa shape index (κ3) is 7.00. The standard InChI is InChI=1S/C16H26FNO3/c1-3-15(18)16(13-6-4-7-14(17)12-13)21-9-5-8-20-11-10-19-2/h4,6-7,12,15-16H,3,5,8-11,18H2,1-2H3. The molecular formula is C16H26FNO3. The van der Waals surface area contributed by atoms with E-state index < -0.39 is 0 Å². The molecular weight excluding hydrogens is 273 g/mol. The van der Waals surface area contributed by atoms with Gasteiger partial charge in [0.15, 0.2) is 0 Å². The predicted octanol–water partition coefficient (Wildman–Crippen LogP) is 2.67. The average Bonchev–Trinajstić information content (AvgIpc) is 2.49. The van der Waals surface area contributed by atoms with E-state index in [1.54, 1.807) is 13.2 Å². The zero-order valence-electron chi connectivity index (χ0n) is 12.9. The van der Waals surface area contributed by atoms with Crippen molar-refractivity contribution < 1.29 is 18.6 Å². The second-order valence-electron chi connectivity index (χ2n) is 4.88. The molecule has 0 aliphatic carbocycles. The van der Waals surface area contributed by atoms with Crippen LogP contribution in [-0.4, -0.2) is 39.6 Å². The summed E-state index contributed by atoms with van der Waals surface area (Å²) in [7, 11) is 1.64. The average molecular weight is 299 g/mol. The third-order valence-electron chi connectivity index (χ3n) is 3.20. The van der Waals surface area contributed by atoms with Gasteiger partial charge in [0.2, 0.25) is 0 Å². The van der Waals surface area contributed by atoms with E-state index in [0.29, 0.717) is 26.4 Å². The minimum Gasteiger partial charge on any atom is -0.382 e. The van der Waals surface area contributed by atoms with E-state index in [9.17, 15) is 4.39 Å². The Morgan fingerprint density at radius 1 is 1.19 bits per heavy atom. The maximum absolute atomic E-state index is 13.3. The van der Waals surface area contributed by atoms with Gasteiger partial charge in [0.25, 0.3) is 0 Å². The van der Waals surface area contributed by atoms with E-state index in [1.807, 2.05) is 13.0 Å². The molecule has 1 rings (SSSR count). The molecule has 0 amide bonds. The van der Waals surface area contributed by atoms with Crippen molar-refractivity contribution in [3.63, 3.8) is 0 Å². The Morgan fingerprint density at radius 2 is 2.00 bits per heavy atom. The molecule has 0 saturated heterocycles. The van der Waals surface area contributed by atoms with E-state index >= 15 is 0 Å². The number of hydrogen-bond donors (Lipinski definition) is 1. The van der Waals surface area contributed by atoms with Crippen LogP contribution in [0.25, 0.3) is 0 Å². The van der Waals surface area contributed by atoms with Crippen molar-refractivity contribution in [3.05, 3.63) is 35.6 Å². The highest BCUT2D eigenvalue weighted by molar-refractivity contribution is 5.20. The Balaban J connectivity index is 2.41. The van der Waals surface area contributed by atoms with Crippen LogP contribution in [0.15, 0.2) is 24.3 Å². The maximum Gasteiger partial charge on any atom is 0.123 e. The lowest BCUT2D eigenvalue weighted by Crippen LogP contribution is -2.30. The molecule has 120 valence electrons. The molecule has 2 atom stereocenters. The fourth-order valence-electron chi connectivity index (χ4n) is 1.98. The third-order valence-corrected chi connectivity index (χ3v) is 3.20. The zero-order chi connectivity index (χ0) is 15.5. The van der Waals surface area contributed by atoms with Crippen LogP contribution >= 0.6 is 0 Å². The molecule has 0 radical (unpaired) electrons. The van der Waals surface area contributed by atoms with E-state index in [-0.39, 0.29) is 18.0 Å². The monoisotopic (exact) mass is 299 g/mol. The topological polar surface area (TPSA) is 53.7 Å². The fourth-order valence-corrected chi connectivity index (χ4v) is 1.98. The predicted molar refractivity (Wildman–Crippen MR) is 80.7 cm³/mol. The van der Waals surface area contributed by atoms with Gasteiger partial charge in [-0.15, -0.1) is 0 Å². The maximum atomic E-state index is 13.3. The van der Waals surface area contributed by atoms with Crippen molar-refractivity contribution in [2.75, 3.05) is 33.5 Å². The molecule has 1 aromatic rings. The van der Waals surface area contributed by atoms with Crippen molar-refractivity contribution in [2.45, 2.75) is 31.9 Å². The second kappa shape index (κ2) is 10.7. The highest BCUT2D eigenvalue weighted by Crippen LogP contribution is 2.23. The van der Waals surface area contributed by atoms with Gasteiger partial charge in [-0.2, -0.15) is 0 Å². The lowest BCUT2D eigenvalue weighted by Gasteiger charge is -2.24. The van der Waals surface area contributed by atoms with Crippen LogP contribution in [0.3, 0.4) is 0 Å². The normalized spacial score (nSPS) is 14.1. The molecule has 1 aromatic carbocycles. The molecule has 2 N–H and O–H groups in total. The summed E-state index contributed by atoms with van der Waals surface area (Å²) < 4.78 is 29.4. The first-order chi connectivity index (χ1) is 10.2. The summed E-state index contributed by atoms with van der Waals surface area (Å²) in [5.41, 5.74) is 6.87. The van der Waals surface area contributed by atoms with E-state index in [2.05, 4.69) is 0 Å². The summed E-state index contributed by atoms with van der Waals surface area (Å²) in [5.74, 6) is -0.271. The molecule has 0 saturated carbocycles. The molecule has 0 aromatic heterocycles. The molecule has 2 unspecified atom stereocenters. The van der Waals surface area contributed by atoms with Gasteiger partial charge >= 0.3 is 0 Å². The van der Waals surface area contributed by atoms with Gasteiger partial charge in [-0.3, -0.25) is 0 Å². The summed E-state index contributed by atoms with van der Waals surface area (Å²) in [6.45, 7) is 4.31. The molecule has 21 heavy (non-hydrogen) atoms. The molecule has 5 heteroatoms. The lowest BCUT2D eigenvalue weighted by atomic mass is 10.0. The number of ether oxygens (including phenoxy) is 3. The lowest BCUT2D eigenvalue weighted by molar-refractivity contribution is 0.0111. The van der Waals surface area contributed by atoms with Gasteiger partial charge in [-0.05, 0) is 30.5 Å². The number of nitrogens with two attached hydrogens (primary N) is 1. The zero-order valence-corrected chi connectivity index (χ0v) is 12.9. The summed E-state index contributed by atoms with van der Waals surface area (Å²) in [6, 6.07) is 6.27. The SMILES string of the molecule is CCC(N)C(OCCCOCCOC)c1cccc(F)c1. The van der Waals surface area contributed by atoms with Crippen LogP contribution in [0.5, 0.6) is 0 Å². The first-order valence-electron chi connectivity index (χ1n) is 7.38. The van der Waals surface area contributed by atoms with Gasteiger partial charge in [0.05, 0.1) is 19.3 Å². The summed E-state index contributed by atoms with van der Waals surface area (Å²) in [5, 5.41) is 0. The van der Waals surface area contributed by atoms with Crippen LogP contribution in [0.4, 0.5) is 4.39 Å². The smallest absolute Gasteiger partial charge is 0.123 e. The van der Waals surface area contributed by atoms with Gasteiger partial charge in [0.1, 0.15) is 5.82 Å². The first-order valence-corrected chi connectivity index (χ1v) is 7.38. The van der Waals surface area contributed by atoms with Gasteiger partial charge in [-0.1, -0.05) is 19.1 Å². The van der Waals surface area contributed by atoms with Crippen molar-refractivity contribution in [1.29, 1.82) is 0 Å². The van der Waals surface area contributed by atoms with E-state index in [1.165, 1.54) is 12.1 Å². The molecule has 4 nitrogen and oxygen atoms in total. The van der Waals surface area contributed by atoms with Crippen LogP contribution in [0.2, 0.25) is 0 Å². The number of benzene rings is 1. The van der Waals surface area contributed by atoms with E-state index in [0.717, 1.165) is 18.4 Å². The summed E-state index contributed by atoms with van der Waals surface area (Å²) in [4.78, 5) is 0. The van der Waals surface area contributed by atoms with Crippen molar-refractivity contribution in [2.24, 2.45) is 5.73 Å². The van der Waals surface area contributed by atoms with Crippen molar-refractivity contribution >= 4 is 0 Å². The van der Waals surface area contributed by atoms with Crippen LogP contribution < -0.4 is 5.73 Å². The van der Waals surface area contributed by atoms with Crippen molar-refractivity contribution in [3.8, 4) is 0 Å². The highest BCUT2D eigenvalue weighted by atomic mass is 19.1. The first kappa shape index (κ1) is 18.0. The van der Waals surface area contributed by atoms with Gasteiger partial charge < -0.3 is 19.9 Å². The Labute approximate surface area is 126 Å².